The van der Waals surface area contributed by atoms with Gasteiger partial charge in [0.05, 0.1) is 13.2 Å². The van der Waals surface area contributed by atoms with Crippen LogP contribution < -0.4 is 11.2 Å². The number of aliphatic hydroxyl groups is 1. The summed E-state index contributed by atoms with van der Waals surface area (Å²) in [7, 11) is 0. The Kier molecular flexibility index (Phi) is 9.46. The van der Waals surface area contributed by atoms with Crippen molar-refractivity contribution in [1.82, 2.24) is 9.13 Å². The molecule has 1 aromatic carbocycles. The number of ether oxygens (including phenoxy) is 4. The molecule has 182 valence electrons. The molecule has 9 nitrogen and oxygen atoms in total. The molecule has 0 saturated carbocycles. The van der Waals surface area contributed by atoms with E-state index < -0.39 is 48.5 Å². The highest BCUT2D eigenvalue weighted by atomic mass is 16.6. The molecule has 3 rings (SSSR count). The molecule has 1 aliphatic rings. The predicted octanol–water partition coefficient (Wildman–Crippen LogP) is 0.00320. The molecular weight excluding hydrogens is 452 g/mol. The monoisotopic (exact) mass is 478 g/mol. The third-order valence-corrected chi connectivity index (χ3v) is 5.42. The van der Waals surface area contributed by atoms with Gasteiger partial charge in [0.15, 0.2) is 6.23 Å². The van der Waals surface area contributed by atoms with Gasteiger partial charge in [0.2, 0.25) is 0 Å². The molecule has 2 aromatic rings. The van der Waals surface area contributed by atoms with Gasteiger partial charge < -0.3 is 24.1 Å². The lowest BCUT2D eigenvalue weighted by molar-refractivity contribution is -0.276. The van der Waals surface area contributed by atoms with Crippen molar-refractivity contribution in [2.24, 2.45) is 0 Å². The Bertz CT molecular complexity index is 1220. The topological polar surface area (TPSA) is 101 Å². The van der Waals surface area contributed by atoms with E-state index >= 15 is 0 Å². The summed E-state index contributed by atoms with van der Waals surface area (Å²) in [6.45, 7) is -0.749. The molecule has 5 atom stereocenters. The van der Waals surface area contributed by atoms with Crippen molar-refractivity contribution < 1.29 is 24.1 Å². The number of terminal acetylenes is 3. The van der Waals surface area contributed by atoms with Crippen LogP contribution in [0.1, 0.15) is 11.8 Å². The Hall–Kier alpha value is -3.62. The molecule has 1 fully saturated rings. The Morgan fingerprint density at radius 1 is 0.886 bits per heavy atom. The van der Waals surface area contributed by atoms with Gasteiger partial charge in [-0.2, -0.15) is 0 Å². The third-order valence-electron chi connectivity index (χ3n) is 5.42. The molecule has 35 heavy (non-hydrogen) atoms. The molecule has 0 bridgehead atoms. The van der Waals surface area contributed by atoms with Gasteiger partial charge in [-0.25, -0.2) is 4.79 Å². The fourth-order valence-electron chi connectivity index (χ4n) is 3.90. The standard InChI is InChI=1S/C26H26N2O7/c1-4-14-32-22-20(18-29)35-25(24(34-16-6-3)23(22)33-15-5-2)27-13-12-21(30)28(26(27)31)17-19-10-8-7-9-11-19/h1-3,7-13,20,22-25,29H,14-18H2/t20?,22-,23+,24?,25-/m1/s1. The minimum absolute atomic E-state index is 0.0519. The zero-order chi connectivity index (χ0) is 25.2. The van der Waals surface area contributed by atoms with Gasteiger partial charge in [0, 0.05) is 12.3 Å². The summed E-state index contributed by atoms with van der Waals surface area (Å²) in [5.41, 5.74) is -0.363. The summed E-state index contributed by atoms with van der Waals surface area (Å²) in [5, 5.41) is 10.0. The van der Waals surface area contributed by atoms with Crippen molar-refractivity contribution in [2.75, 3.05) is 26.4 Å². The van der Waals surface area contributed by atoms with Gasteiger partial charge in [-0.05, 0) is 5.56 Å². The van der Waals surface area contributed by atoms with Gasteiger partial charge in [0.1, 0.15) is 44.2 Å². The quantitative estimate of drug-likeness (QED) is 0.480. The number of hydrogen-bond donors (Lipinski definition) is 1. The van der Waals surface area contributed by atoms with E-state index in [0.717, 1.165) is 10.1 Å². The Morgan fingerprint density at radius 3 is 2.09 bits per heavy atom. The van der Waals surface area contributed by atoms with Crippen LogP contribution in [0.25, 0.3) is 0 Å². The van der Waals surface area contributed by atoms with Gasteiger partial charge in [0.25, 0.3) is 5.56 Å². The van der Waals surface area contributed by atoms with Crippen LogP contribution in [0.4, 0.5) is 0 Å². The molecule has 9 heteroatoms. The van der Waals surface area contributed by atoms with E-state index in [0.29, 0.717) is 0 Å². The van der Waals surface area contributed by atoms with Crippen LogP contribution in [0.15, 0.2) is 52.2 Å². The summed E-state index contributed by atoms with van der Waals surface area (Å²) in [6.07, 6.45) is 12.6. The average molecular weight is 479 g/mol. The third kappa shape index (κ3) is 6.09. The predicted molar refractivity (Wildman–Crippen MR) is 127 cm³/mol. The lowest BCUT2D eigenvalue weighted by Crippen LogP contribution is -2.61. The van der Waals surface area contributed by atoms with Crippen LogP contribution in [0.3, 0.4) is 0 Å². The fraction of sp³-hybridized carbons (Fsp3) is 0.385. The smallest absolute Gasteiger partial charge is 0.333 e. The van der Waals surface area contributed by atoms with E-state index in [4.69, 9.17) is 38.2 Å². The summed E-state index contributed by atoms with van der Waals surface area (Å²) in [5.74, 6) is 7.12. The van der Waals surface area contributed by atoms with E-state index in [1.807, 2.05) is 18.2 Å². The van der Waals surface area contributed by atoms with Crippen LogP contribution in [0.5, 0.6) is 0 Å². The summed E-state index contributed by atoms with van der Waals surface area (Å²) < 4.78 is 25.7. The van der Waals surface area contributed by atoms with Gasteiger partial charge >= 0.3 is 5.69 Å². The first kappa shape index (κ1) is 26.0. The highest BCUT2D eigenvalue weighted by Gasteiger charge is 2.49. The maximum absolute atomic E-state index is 13.4. The van der Waals surface area contributed by atoms with E-state index in [1.165, 1.54) is 16.8 Å². The Morgan fingerprint density at radius 2 is 1.49 bits per heavy atom. The van der Waals surface area contributed by atoms with E-state index in [9.17, 15) is 14.7 Å². The maximum atomic E-state index is 13.4. The molecule has 1 aromatic heterocycles. The largest absolute Gasteiger partial charge is 0.394 e. The highest BCUT2D eigenvalue weighted by Crippen LogP contribution is 2.33. The maximum Gasteiger partial charge on any atom is 0.333 e. The van der Waals surface area contributed by atoms with Crippen molar-refractivity contribution in [1.29, 1.82) is 0 Å². The molecule has 2 unspecified atom stereocenters. The first-order valence-corrected chi connectivity index (χ1v) is 10.8. The summed E-state index contributed by atoms with van der Waals surface area (Å²) >= 11 is 0. The molecule has 1 aliphatic heterocycles. The fourth-order valence-corrected chi connectivity index (χ4v) is 3.90. The first-order valence-electron chi connectivity index (χ1n) is 10.8. The molecule has 0 spiro atoms. The number of rotatable bonds is 10. The van der Waals surface area contributed by atoms with Gasteiger partial charge in [-0.3, -0.25) is 13.9 Å². The second kappa shape index (κ2) is 12.7. The molecule has 0 aliphatic carbocycles. The van der Waals surface area contributed by atoms with Crippen LogP contribution in [-0.2, 0) is 25.5 Å². The van der Waals surface area contributed by atoms with E-state index in [-0.39, 0.29) is 26.4 Å². The molecule has 0 amide bonds. The number of hydrogen-bond acceptors (Lipinski definition) is 7. The van der Waals surface area contributed by atoms with Crippen LogP contribution >= 0.6 is 0 Å². The van der Waals surface area contributed by atoms with Crippen molar-refractivity contribution in [2.45, 2.75) is 37.2 Å². The van der Waals surface area contributed by atoms with Crippen molar-refractivity contribution in [3.8, 4) is 37.0 Å². The summed E-state index contributed by atoms with van der Waals surface area (Å²) in [4.78, 5) is 26.0. The Balaban J connectivity index is 2.07. The van der Waals surface area contributed by atoms with Crippen LogP contribution in [-0.4, -0.2) is 65.1 Å². The highest BCUT2D eigenvalue weighted by molar-refractivity contribution is 5.15. The van der Waals surface area contributed by atoms with Gasteiger partial charge in [-0.15, -0.1) is 19.3 Å². The summed E-state index contributed by atoms with van der Waals surface area (Å²) in [6, 6.07) is 10.3. The normalized spacial score (nSPS) is 23.7. The molecule has 1 saturated heterocycles. The first-order chi connectivity index (χ1) is 17.0. The minimum atomic E-state index is -1.12. The SMILES string of the molecule is C#CCOC1[C@@H](OCC#C)[C@H](OCC#C)C(CO)O[C@H]1n1ccc(=O)n(Cc2ccccc2)c1=O. The van der Waals surface area contributed by atoms with E-state index in [2.05, 4.69) is 17.8 Å². The molecule has 2 heterocycles. The van der Waals surface area contributed by atoms with Crippen molar-refractivity contribution >= 4 is 0 Å². The minimum Gasteiger partial charge on any atom is -0.394 e. The molecular formula is C26H26N2O7. The number of aliphatic hydroxyl groups excluding tert-OH is 1. The van der Waals surface area contributed by atoms with Crippen molar-refractivity contribution in [3.05, 3.63) is 69.0 Å². The second-order valence-electron chi connectivity index (χ2n) is 7.60. The number of aromatic nitrogens is 2. The lowest BCUT2D eigenvalue weighted by atomic mass is 9.97. The molecule has 1 N–H and O–H groups in total. The Labute approximate surface area is 203 Å². The second-order valence-corrected chi connectivity index (χ2v) is 7.60. The van der Waals surface area contributed by atoms with Crippen molar-refractivity contribution in [3.63, 3.8) is 0 Å². The lowest BCUT2D eigenvalue weighted by Gasteiger charge is -2.45. The van der Waals surface area contributed by atoms with E-state index in [1.54, 1.807) is 12.1 Å². The number of benzene rings is 1. The zero-order valence-electron chi connectivity index (χ0n) is 19.0. The average Bonchev–Trinajstić information content (AvgIpc) is 2.88. The van der Waals surface area contributed by atoms with Crippen LogP contribution in [0, 0.1) is 37.0 Å². The molecule has 0 radical (unpaired) electrons. The number of nitrogens with zero attached hydrogens (tertiary/aromatic N) is 2. The zero-order valence-corrected chi connectivity index (χ0v) is 19.0. The van der Waals surface area contributed by atoms with Gasteiger partial charge in [-0.1, -0.05) is 48.1 Å². The van der Waals surface area contributed by atoms with Crippen LogP contribution in [0.2, 0.25) is 0 Å².